The highest BCUT2D eigenvalue weighted by molar-refractivity contribution is 6.34. The average molecular weight is 409 g/mol. The Hall–Kier alpha value is -3.19. The van der Waals surface area contributed by atoms with Crippen molar-refractivity contribution in [1.82, 2.24) is 15.0 Å². The largest absolute Gasteiger partial charge is 0.351 e. The van der Waals surface area contributed by atoms with Crippen molar-refractivity contribution in [1.29, 1.82) is 0 Å². The fourth-order valence-electron chi connectivity index (χ4n) is 2.93. The number of anilines is 4. The Bertz CT molecular complexity index is 1050. The molecule has 7 nitrogen and oxygen atoms in total. The summed E-state index contributed by atoms with van der Waals surface area (Å²) in [6.45, 7) is 3.77. The highest BCUT2D eigenvalue weighted by Gasteiger charge is 2.22. The van der Waals surface area contributed by atoms with E-state index in [0.29, 0.717) is 39.9 Å². The number of nitrogens with zero attached hydrogens (tertiary/aromatic N) is 3. The first-order valence-electron chi connectivity index (χ1n) is 9.40. The van der Waals surface area contributed by atoms with Crippen LogP contribution in [0.5, 0.6) is 0 Å². The molecule has 1 fully saturated rings. The van der Waals surface area contributed by atoms with Crippen molar-refractivity contribution in [2.24, 2.45) is 0 Å². The molecule has 1 amide bonds. The van der Waals surface area contributed by atoms with Crippen LogP contribution >= 0.6 is 11.6 Å². The normalized spacial score (nSPS) is 13.1. The van der Waals surface area contributed by atoms with Crippen molar-refractivity contribution in [3.8, 4) is 0 Å². The molecule has 1 saturated carbocycles. The second kappa shape index (κ2) is 8.05. The van der Waals surface area contributed by atoms with Gasteiger partial charge >= 0.3 is 0 Å². The quantitative estimate of drug-likeness (QED) is 0.547. The molecule has 0 bridgehead atoms. The Balaban J connectivity index is 1.50. The molecule has 148 valence electrons. The summed E-state index contributed by atoms with van der Waals surface area (Å²) < 4.78 is 0. The van der Waals surface area contributed by atoms with Crippen LogP contribution in [-0.4, -0.2) is 26.9 Å². The van der Waals surface area contributed by atoms with Crippen molar-refractivity contribution in [2.45, 2.75) is 32.7 Å². The van der Waals surface area contributed by atoms with Gasteiger partial charge in [-0.2, -0.15) is 4.98 Å². The molecule has 2 aromatic heterocycles. The van der Waals surface area contributed by atoms with Gasteiger partial charge in [-0.15, -0.1) is 0 Å². The predicted octanol–water partition coefficient (Wildman–Crippen LogP) is 4.71. The lowest BCUT2D eigenvalue weighted by atomic mass is 10.1. The van der Waals surface area contributed by atoms with Gasteiger partial charge in [0.2, 0.25) is 5.95 Å². The SMILES string of the molecule is Cc1cc(Nc2cc(NC(=O)c3c(C)cccc3Cl)ccn2)nc(NC2CC2)n1. The number of nitrogens with one attached hydrogen (secondary N) is 3. The first-order chi connectivity index (χ1) is 14.0. The number of amides is 1. The molecule has 1 aliphatic rings. The highest BCUT2D eigenvalue weighted by Crippen LogP contribution is 2.25. The molecule has 0 saturated heterocycles. The molecule has 4 rings (SSSR count). The first-order valence-corrected chi connectivity index (χ1v) is 9.77. The minimum atomic E-state index is -0.265. The Labute approximate surface area is 174 Å². The summed E-state index contributed by atoms with van der Waals surface area (Å²) in [7, 11) is 0. The molecule has 3 N–H and O–H groups in total. The van der Waals surface area contributed by atoms with Gasteiger partial charge in [0.1, 0.15) is 11.6 Å². The summed E-state index contributed by atoms with van der Waals surface area (Å²) in [5.41, 5.74) is 2.73. The van der Waals surface area contributed by atoms with E-state index in [1.165, 1.54) is 0 Å². The van der Waals surface area contributed by atoms with Crippen molar-refractivity contribution in [3.63, 3.8) is 0 Å². The maximum absolute atomic E-state index is 12.7. The third-order valence-electron chi connectivity index (χ3n) is 4.49. The maximum Gasteiger partial charge on any atom is 0.257 e. The number of halogens is 1. The molecular formula is C21H21ClN6O. The van der Waals surface area contributed by atoms with E-state index in [-0.39, 0.29) is 5.91 Å². The molecule has 0 atom stereocenters. The lowest BCUT2D eigenvalue weighted by Gasteiger charge is -2.11. The summed E-state index contributed by atoms with van der Waals surface area (Å²) in [4.78, 5) is 25.9. The van der Waals surface area contributed by atoms with E-state index in [1.807, 2.05) is 32.0 Å². The highest BCUT2D eigenvalue weighted by atomic mass is 35.5. The molecule has 29 heavy (non-hydrogen) atoms. The fraction of sp³-hybridized carbons (Fsp3) is 0.238. The molecule has 3 aromatic rings. The zero-order valence-corrected chi connectivity index (χ0v) is 16.9. The Morgan fingerprint density at radius 2 is 1.93 bits per heavy atom. The fourth-order valence-corrected chi connectivity index (χ4v) is 3.24. The molecule has 8 heteroatoms. The van der Waals surface area contributed by atoms with Crippen molar-refractivity contribution in [3.05, 3.63) is 64.4 Å². The molecule has 1 aliphatic carbocycles. The number of hydrogen-bond donors (Lipinski definition) is 3. The Morgan fingerprint density at radius 1 is 1.10 bits per heavy atom. The Kier molecular flexibility index (Phi) is 5.31. The lowest BCUT2D eigenvalue weighted by Crippen LogP contribution is -2.14. The lowest BCUT2D eigenvalue weighted by molar-refractivity contribution is 0.102. The van der Waals surface area contributed by atoms with Gasteiger partial charge < -0.3 is 16.0 Å². The Morgan fingerprint density at radius 3 is 2.69 bits per heavy atom. The molecular weight excluding hydrogens is 388 g/mol. The van der Waals surface area contributed by atoms with E-state index < -0.39 is 0 Å². The molecule has 0 aliphatic heterocycles. The molecule has 0 unspecified atom stereocenters. The van der Waals surface area contributed by atoms with Crippen molar-refractivity contribution >= 4 is 40.8 Å². The smallest absolute Gasteiger partial charge is 0.257 e. The number of carbonyl (C=O) groups is 1. The van der Waals surface area contributed by atoms with E-state index in [9.17, 15) is 4.79 Å². The molecule has 1 aromatic carbocycles. The third-order valence-corrected chi connectivity index (χ3v) is 4.80. The van der Waals surface area contributed by atoms with Crippen LogP contribution in [0.25, 0.3) is 0 Å². The van der Waals surface area contributed by atoms with Crippen molar-refractivity contribution in [2.75, 3.05) is 16.0 Å². The summed E-state index contributed by atoms with van der Waals surface area (Å²) >= 11 is 6.19. The topological polar surface area (TPSA) is 91.8 Å². The number of carbonyl (C=O) groups excluding carboxylic acids is 1. The molecule has 2 heterocycles. The zero-order chi connectivity index (χ0) is 20.4. The van der Waals surface area contributed by atoms with Crippen LogP contribution in [0.2, 0.25) is 5.02 Å². The minimum Gasteiger partial charge on any atom is -0.351 e. The average Bonchev–Trinajstić information content (AvgIpc) is 3.45. The number of benzene rings is 1. The first kappa shape index (κ1) is 19.1. The van der Waals surface area contributed by atoms with Crippen LogP contribution in [0, 0.1) is 13.8 Å². The van der Waals surface area contributed by atoms with Crippen LogP contribution < -0.4 is 16.0 Å². The second-order valence-corrected chi connectivity index (χ2v) is 7.48. The minimum absolute atomic E-state index is 0.265. The third kappa shape index (κ3) is 4.81. The van der Waals surface area contributed by atoms with Crippen LogP contribution in [0.1, 0.15) is 34.5 Å². The number of aromatic nitrogens is 3. The number of pyridine rings is 1. The van der Waals surface area contributed by atoms with Gasteiger partial charge in [-0.3, -0.25) is 4.79 Å². The monoisotopic (exact) mass is 408 g/mol. The van der Waals surface area contributed by atoms with Gasteiger partial charge in [0.25, 0.3) is 5.91 Å². The second-order valence-electron chi connectivity index (χ2n) is 7.08. The van der Waals surface area contributed by atoms with Gasteiger partial charge in [0, 0.05) is 35.8 Å². The summed E-state index contributed by atoms with van der Waals surface area (Å²) in [6, 6.07) is 11.2. The summed E-state index contributed by atoms with van der Waals surface area (Å²) in [5.74, 6) is 1.54. The van der Waals surface area contributed by atoms with E-state index in [1.54, 1.807) is 24.4 Å². The molecule has 0 spiro atoms. The van der Waals surface area contributed by atoms with Crippen LogP contribution in [0.3, 0.4) is 0 Å². The summed E-state index contributed by atoms with van der Waals surface area (Å²) in [6.07, 6.45) is 3.91. The maximum atomic E-state index is 12.7. The standard InChI is InChI=1S/C21H21ClN6O/c1-12-4-3-5-16(22)19(12)20(29)25-15-8-9-23-17(11-15)27-18-10-13(2)24-21(28-18)26-14-6-7-14/h3-5,8-11,14H,6-7H2,1-2H3,(H3,23,24,25,26,27,28,29). The van der Waals surface area contributed by atoms with Gasteiger partial charge in [-0.05, 0) is 44.4 Å². The number of aryl methyl sites for hydroxylation is 2. The van der Waals surface area contributed by atoms with E-state index in [0.717, 1.165) is 24.1 Å². The van der Waals surface area contributed by atoms with Gasteiger partial charge in [-0.25, -0.2) is 9.97 Å². The van der Waals surface area contributed by atoms with Gasteiger partial charge in [0.05, 0.1) is 10.6 Å². The van der Waals surface area contributed by atoms with Gasteiger partial charge in [-0.1, -0.05) is 23.7 Å². The zero-order valence-electron chi connectivity index (χ0n) is 16.2. The van der Waals surface area contributed by atoms with E-state index >= 15 is 0 Å². The number of rotatable bonds is 6. The van der Waals surface area contributed by atoms with Crippen LogP contribution in [0.4, 0.5) is 23.3 Å². The van der Waals surface area contributed by atoms with E-state index in [2.05, 4.69) is 30.9 Å². The van der Waals surface area contributed by atoms with E-state index in [4.69, 9.17) is 11.6 Å². The molecule has 0 radical (unpaired) electrons. The van der Waals surface area contributed by atoms with Crippen LogP contribution in [-0.2, 0) is 0 Å². The van der Waals surface area contributed by atoms with Gasteiger partial charge in [0.15, 0.2) is 0 Å². The van der Waals surface area contributed by atoms with Crippen molar-refractivity contribution < 1.29 is 4.79 Å². The summed E-state index contributed by atoms with van der Waals surface area (Å²) in [5, 5.41) is 9.77. The predicted molar refractivity (Wildman–Crippen MR) is 115 cm³/mol. The van der Waals surface area contributed by atoms with Crippen LogP contribution in [0.15, 0.2) is 42.6 Å². The number of hydrogen-bond acceptors (Lipinski definition) is 6.